The van der Waals surface area contributed by atoms with Crippen LogP contribution in [0.15, 0.2) is 72.2 Å². The molecule has 3 aliphatic heterocycles. The van der Waals surface area contributed by atoms with E-state index in [2.05, 4.69) is 64.4 Å². The number of nitrogens with zero attached hydrogens (tertiary/aromatic N) is 7. The van der Waals surface area contributed by atoms with Gasteiger partial charge in [-0.2, -0.15) is 0 Å². The molecule has 33 heavy (non-hydrogen) atoms. The zero-order valence-electron chi connectivity index (χ0n) is 20.1. The Morgan fingerprint density at radius 3 is 2.42 bits per heavy atom. The Labute approximate surface area is 198 Å². The summed E-state index contributed by atoms with van der Waals surface area (Å²) >= 11 is 0. The molecule has 7 nitrogen and oxygen atoms in total. The Kier molecular flexibility index (Phi) is 7.73. The number of hydrogen-bond donors (Lipinski definition) is 0. The summed E-state index contributed by atoms with van der Waals surface area (Å²) in [5.74, 6) is 0.792. The van der Waals surface area contributed by atoms with Gasteiger partial charge in [0.1, 0.15) is 5.69 Å². The van der Waals surface area contributed by atoms with Gasteiger partial charge in [-0.05, 0) is 31.2 Å². The van der Waals surface area contributed by atoms with E-state index in [1.807, 2.05) is 33.7 Å². The van der Waals surface area contributed by atoms with Gasteiger partial charge in [0, 0.05) is 49.9 Å². The van der Waals surface area contributed by atoms with E-state index >= 15 is 0 Å². The summed E-state index contributed by atoms with van der Waals surface area (Å²) in [7, 11) is 0. The molecule has 7 heteroatoms. The lowest BCUT2D eigenvalue weighted by Gasteiger charge is -2.50. The van der Waals surface area contributed by atoms with Gasteiger partial charge in [0.15, 0.2) is 0 Å². The lowest BCUT2D eigenvalue weighted by molar-refractivity contribution is -0.941. The fourth-order valence-corrected chi connectivity index (χ4v) is 5.10. The maximum absolute atomic E-state index is 4.53. The Hall–Kier alpha value is -2.77. The standard InChI is InChI=1S/C26H39N7/c1-4-12-31-15-16-32(13-5-2)26(31)28-27-24-8-10-25(11-9-24)30(6-3)14-7-20-33-21-17-29(18-22-33)19-23-33/h4-5,8-11,15-16H,1-2,6-7,12-14,17-23H2,3H3/q+2. The third-order valence-corrected chi connectivity index (χ3v) is 7.18. The van der Waals surface area contributed by atoms with Gasteiger partial charge >= 0.3 is 5.95 Å². The summed E-state index contributed by atoms with van der Waals surface area (Å²) < 4.78 is 5.40. The van der Waals surface area contributed by atoms with Crippen LogP contribution >= 0.6 is 0 Å². The normalized spacial score (nSPS) is 22.0. The lowest BCUT2D eigenvalue weighted by Crippen LogP contribution is -2.67. The van der Waals surface area contributed by atoms with Gasteiger partial charge in [0.25, 0.3) is 0 Å². The van der Waals surface area contributed by atoms with Crippen molar-refractivity contribution in [2.45, 2.75) is 26.4 Å². The monoisotopic (exact) mass is 449 g/mol. The van der Waals surface area contributed by atoms with Gasteiger partial charge in [0.2, 0.25) is 0 Å². The van der Waals surface area contributed by atoms with E-state index in [1.165, 1.54) is 62.4 Å². The number of allylic oxidation sites excluding steroid dienone is 2. The third-order valence-electron chi connectivity index (χ3n) is 7.18. The number of aromatic nitrogens is 2. The van der Waals surface area contributed by atoms with Crippen LogP contribution in [-0.2, 0) is 13.1 Å². The molecule has 0 saturated carbocycles. The Balaban J connectivity index is 1.36. The summed E-state index contributed by atoms with van der Waals surface area (Å²) in [6, 6.07) is 8.47. The van der Waals surface area contributed by atoms with E-state index in [-0.39, 0.29) is 0 Å². The van der Waals surface area contributed by atoms with Gasteiger partial charge in [-0.3, -0.25) is 4.90 Å². The molecular formula is C26H39N7+2. The number of quaternary nitrogens is 1. The predicted molar refractivity (Wildman–Crippen MR) is 134 cm³/mol. The average Bonchev–Trinajstić information content (AvgIpc) is 3.23. The minimum atomic E-state index is 0.696. The topological polar surface area (TPSA) is 40.0 Å². The predicted octanol–water partition coefficient (Wildman–Crippen LogP) is 3.93. The number of rotatable bonds is 12. The second-order valence-electron chi connectivity index (χ2n) is 9.21. The minimum Gasteiger partial charge on any atom is -0.372 e. The number of azo groups is 1. The van der Waals surface area contributed by atoms with Crippen LogP contribution in [0.2, 0.25) is 0 Å². The summed E-state index contributed by atoms with van der Waals surface area (Å²) in [6.45, 7) is 22.6. The summed E-state index contributed by atoms with van der Waals surface area (Å²) in [5.41, 5.74) is 2.12. The molecule has 3 saturated heterocycles. The fourth-order valence-electron chi connectivity index (χ4n) is 5.10. The van der Waals surface area contributed by atoms with Crippen LogP contribution in [0.5, 0.6) is 0 Å². The molecule has 0 N–H and O–H groups in total. The summed E-state index contributed by atoms with van der Waals surface area (Å²) in [6.07, 6.45) is 8.97. The number of anilines is 1. The van der Waals surface area contributed by atoms with Crippen molar-refractivity contribution >= 4 is 17.3 Å². The smallest absolute Gasteiger partial charge is 0.372 e. The van der Waals surface area contributed by atoms with Crippen LogP contribution in [-0.4, -0.2) is 72.9 Å². The largest absolute Gasteiger partial charge is 0.422 e. The molecule has 5 rings (SSSR count). The van der Waals surface area contributed by atoms with Crippen LogP contribution in [0, 0.1) is 0 Å². The van der Waals surface area contributed by atoms with Crippen molar-refractivity contribution in [3.63, 3.8) is 0 Å². The van der Waals surface area contributed by atoms with E-state index < -0.39 is 0 Å². The Morgan fingerprint density at radius 2 is 1.79 bits per heavy atom. The number of benzene rings is 1. The van der Waals surface area contributed by atoms with Crippen LogP contribution in [0.25, 0.3) is 0 Å². The number of imidazole rings is 1. The van der Waals surface area contributed by atoms with Crippen molar-refractivity contribution in [2.75, 3.05) is 63.8 Å². The van der Waals surface area contributed by atoms with Gasteiger partial charge in [0.05, 0.1) is 51.7 Å². The first-order valence-electron chi connectivity index (χ1n) is 12.3. The van der Waals surface area contributed by atoms with Crippen LogP contribution in [0.1, 0.15) is 13.3 Å². The van der Waals surface area contributed by atoms with Crippen molar-refractivity contribution in [1.29, 1.82) is 0 Å². The maximum Gasteiger partial charge on any atom is 0.422 e. The second-order valence-corrected chi connectivity index (χ2v) is 9.21. The van der Waals surface area contributed by atoms with Crippen molar-refractivity contribution in [2.24, 2.45) is 10.2 Å². The first-order valence-corrected chi connectivity index (χ1v) is 12.3. The Morgan fingerprint density at radius 1 is 1.06 bits per heavy atom. The molecule has 176 valence electrons. The molecule has 0 radical (unpaired) electrons. The molecule has 1 aromatic carbocycles. The fraction of sp³-hybridized carbons (Fsp3) is 0.500. The molecule has 1 aromatic heterocycles. The minimum absolute atomic E-state index is 0.696. The van der Waals surface area contributed by atoms with Crippen LogP contribution < -0.4 is 9.47 Å². The van der Waals surface area contributed by atoms with Crippen molar-refractivity contribution < 1.29 is 9.05 Å². The van der Waals surface area contributed by atoms with Crippen LogP contribution in [0.4, 0.5) is 17.3 Å². The third kappa shape index (κ3) is 5.60. The highest BCUT2D eigenvalue weighted by atomic mass is 15.5. The molecule has 0 spiro atoms. The average molecular weight is 450 g/mol. The SMILES string of the molecule is C=CCn1cc[n+](CC=C)c1/N=N/c1ccc(N(CC)CCC[N+]23CCN(CC2)CC3)cc1. The van der Waals surface area contributed by atoms with Gasteiger partial charge in [-0.1, -0.05) is 30.4 Å². The second kappa shape index (κ2) is 10.9. The van der Waals surface area contributed by atoms with Crippen molar-refractivity contribution in [3.05, 3.63) is 62.0 Å². The van der Waals surface area contributed by atoms with E-state index in [0.29, 0.717) is 13.1 Å². The zero-order valence-corrected chi connectivity index (χ0v) is 20.1. The maximum atomic E-state index is 4.53. The summed E-state index contributed by atoms with van der Waals surface area (Å²) in [5, 5.41) is 9.03. The molecule has 0 amide bonds. The van der Waals surface area contributed by atoms with E-state index in [9.17, 15) is 0 Å². The molecule has 3 fully saturated rings. The highest BCUT2D eigenvalue weighted by molar-refractivity contribution is 5.52. The molecular weight excluding hydrogens is 410 g/mol. The molecule has 0 aliphatic carbocycles. The molecule has 3 aliphatic rings. The summed E-state index contributed by atoms with van der Waals surface area (Å²) in [4.78, 5) is 5.10. The van der Waals surface area contributed by atoms with Gasteiger partial charge in [-0.25, -0.2) is 9.13 Å². The van der Waals surface area contributed by atoms with E-state index in [0.717, 1.165) is 24.7 Å². The first-order chi connectivity index (χ1) is 16.2. The number of hydrogen-bond acceptors (Lipinski definition) is 4. The highest BCUT2D eigenvalue weighted by Gasteiger charge is 2.37. The van der Waals surface area contributed by atoms with E-state index in [1.54, 1.807) is 0 Å². The van der Waals surface area contributed by atoms with Crippen LogP contribution in [0.3, 0.4) is 0 Å². The van der Waals surface area contributed by atoms with Gasteiger partial charge < -0.3 is 9.38 Å². The van der Waals surface area contributed by atoms with E-state index in [4.69, 9.17) is 0 Å². The lowest BCUT2D eigenvalue weighted by atomic mass is 10.1. The molecule has 0 unspecified atom stereocenters. The highest BCUT2D eigenvalue weighted by Crippen LogP contribution is 2.23. The quantitative estimate of drug-likeness (QED) is 0.213. The molecule has 4 heterocycles. The van der Waals surface area contributed by atoms with Gasteiger partial charge in [-0.15, -0.1) is 0 Å². The Bertz CT molecular complexity index is 910. The van der Waals surface area contributed by atoms with Crippen molar-refractivity contribution in [3.8, 4) is 0 Å². The number of piperazine rings is 3. The zero-order chi connectivity index (χ0) is 23.1. The molecule has 2 aromatic rings. The molecule has 0 atom stereocenters. The molecule has 2 bridgehead atoms. The van der Waals surface area contributed by atoms with Crippen molar-refractivity contribution in [1.82, 2.24) is 9.47 Å². The number of fused-ring (bicyclic) bond motifs is 3. The first kappa shape index (κ1) is 23.4.